The second-order valence-electron chi connectivity index (χ2n) is 5.59. The van der Waals surface area contributed by atoms with Crippen LogP contribution < -0.4 is 9.54 Å². The third-order valence-electron chi connectivity index (χ3n) is 3.91. The highest BCUT2D eigenvalue weighted by atomic mass is 32.1. The highest BCUT2D eigenvalue weighted by molar-refractivity contribution is 7.16. The Morgan fingerprint density at radius 1 is 1.26 bits per heavy atom. The maximum atomic E-state index is 12.6. The Hall–Kier alpha value is -3.04. The second-order valence-corrected chi connectivity index (χ2v) is 6.60. The Morgan fingerprint density at radius 2 is 2.07 bits per heavy atom. The van der Waals surface area contributed by atoms with Crippen molar-refractivity contribution in [2.45, 2.75) is 6.54 Å². The van der Waals surface area contributed by atoms with Gasteiger partial charge in [-0.1, -0.05) is 17.4 Å². The van der Waals surface area contributed by atoms with Gasteiger partial charge >= 0.3 is 0 Å². The molecule has 3 aromatic rings. The van der Waals surface area contributed by atoms with Gasteiger partial charge in [-0.25, -0.2) is 0 Å². The van der Waals surface area contributed by atoms with Crippen molar-refractivity contribution in [2.24, 2.45) is 4.99 Å². The number of aromatic nitrogens is 1. The Labute approximate surface area is 158 Å². The molecule has 140 valence electrons. The average Bonchev–Trinajstić information content (AvgIpc) is 3.02. The van der Waals surface area contributed by atoms with E-state index in [4.69, 9.17) is 9.47 Å². The summed E-state index contributed by atoms with van der Waals surface area (Å²) in [6.45, 7) is 0.803. The van der Waals surface area contributed by atoms with Crippen LogP contribution in [0.2, 0.25) is 0 Å². The van der Waals surface area contributed by atoms with E-state index >= 15 is 0 Å². The summed E-state index contributed by atoms with van der Waals surface area (Å²) in [7, 11) is 3.09. The smallest absolute Gasteiger partial charge is 0.279 e. The summed E-state index contributed by atoms with van der Waals surface area (Å²) in [5.41, 5.74) is 1.02. The van der Waals surface area contributed by atoms with E-state index in [9.17, 15) is 14.9 Å². The van der Waals surface area contributed by atoms with Gasteiger partial charge in [0.15, 0.2) is 4.80 Å². The lowest BCUT2D eigenvalue weighted by Gasteiger charge is -2.04. The molecule has 9 heteroatoms. The van der Waals surface area contributed by atoms with Crippen LogP contribution in [-0.4, -0.2) is 36.2 Å². The predicted molar refractivity (Wildman–Crippen MR) is 101 cm³/mol. The second kappa shape index (κ2) is 8.11. The summed E-state index contributed by atoms with van der Waals surface area (Å²) in [6, 6.07) is 11.3. The standard InChI is InChI=1S/C18H17N3O5S/c1-25-9-8-20-15-11-13(21(23)24)6-7-16(15)27-18(20)19-17(22)12-4-3-5-14(10-12)26-2/h3-7,10-11H,8-9H2,1-2H3. The van der Waals surface area contributed by atoms with Gasteiger partial charge in [-0.05, 0) is 24.3 Å². The molecule has 0 fully saturated rings. The topological polar surface area (TPSA) is 96.0 Å². The van der Waals surface area contributed by atoms with Crippen LogP contribution in [0, 0.1) is 10.1 Å². The number of nitro groups is 1. The fraction of sp³-hybridized carbons (Fsp3) is 0.222. The number of hydrogen-bond acceptors (Lipinski definition) is 6. The molecule has 0 radical (unpaired) electrons. The monoisotopic (exact) mass is 387 g/mol. The van der Waals surface area contributed by atoms with E-state index in [0.717, 1.165) is 4.70 Å². The highest BCUT2D eigenvalue weighted by Crippen LogP contribution is 2.23. The number of thiazole rings is 1. The molecule has 0 aliphatic carbocycles. The van der Waals surface area contributed by atoms with Gasteiger partial charge in [0.2, 0.25) is 0 Å². The quantitative estimate of drug-likeness (QED) is 0.478. The van der Waals surface area contributed by atoms with Gasteiger partial charge in [0.05, 0.1) is 28.9 Å². The molecule has 1 heterocycles. The number of carbonyl (C=O) groups is 1. The molecule has 0 saturated heterocycles. The minimum Gasteiger partial charge on any atom is -0.497 e. The lowest BCUT2D eigenvalue weighted by Crippen LogP contribution is -2.19. The van der Waals surface area contributed by atoms with Crippen molar-refractivity contribution >= 4 is 33.1 Å². The van der Waals surface area contributed by atoms with Crippen LogP contribution in [0.1, 0.15) is 10.4 Å². The number of carbonyl (C=O) groups excluding carboxylic acids is 1. The van der Waals surface area contributed by atoms with Crippen molar-refractivity contribution in [3.05, 3.63) is 62.9 Å². The molecular weight excluding hydrogens is 370 g/mol. The van der Waals surface area contributed by atoms with Gasteiger partial charge in [0.25, 0.3) is 11.6 Å². The van der Waals surface area contributed by atoms with Crippen LogP contribution in [0.3, 0.4) is 0 Å². The molecule has 2 aromatic carbocycles. The number of ether oxygens (including phenoxy) is 2. The molecule has 8 nitrogen and oxygen atoms in total. The van der Waals surface area contributed by atoms with Crippen LogP contribution in [0.5, 0.6) is 5.75 Å². The van der Waals surface area contributed by atoms with Crippen molar-refractivity contribution in [1.82, 2.24) is 4.57 Å². The summed E-state index contributed by atoms with van der Waals surface area (Å²) >= 11 is 1.29. The molecule has 0 unspecified atom stereocenters. The molecule has 0 saturated carbocycles. The largest absolute Gasteiger partial charge is 0.497 e. The van der Waals surface area contributed by atoms with Crippen LogP contribution in [0.15, 0.2) is 47.5 Å². The number of benzene rings is 2. The third-order valence-corrected chi connectivity index (χ3v) is 4.97. The summed E-state index contributed by atoms with van der Waals surface area (Å²) in [5.74, 6) is 0.149. The zero-order valence-corrected chi connectivity index (χ0v) is 15.6. The van der Waals surface area contributed by atoms with Gasteiger partial charge in [0.1, 0.15) is 5.75 Å². The van der Waals surface area contributed by atoms with Gasteiger partial charge in [0, 0.05) is 31.4 Å². The summed E-state index contributed by atoms with van der Waals surface area (Å²) in [5, 5.41) is 11.1. The zero-order chi connectivity index (χ0) is 19.4. The van der Waals surface area contributed by atoms with Crippen LogP contribution >= 0.6 is 11.3 Å². The van der Waals surface area contributed by atoms with Gasteiger partial charge in [-0.3, -0.25) is 14.9 Å². The average molecular weight is 387 g/mol. The summed E-state index contributed by atoms with van der Waals surface area (Å²) in [4.78, 5) is 27.9. The zero-order valence-electron chi connectivity index (χ0n) is 14.7. The van der Waals surface area contributed by atoms with Crippen LogP contribution in [0.25, 0.3) is 10.2 Å². The van der Waals surface area contributed by atoms with E-state index in [1.807, 2.05) is 0 Å². The lowest BCUT2D eigenvalue weighted by atomic mass is 10.2. The normalized spacial score (nSPS) is 11.7. The third kappa shape index (κ3) is 4.04. The fourth-order valence-corrected chi connectivity index (χ4v) is 3.60. The first kappa shape index (κ1) is 18.7. The molecule has 1 aromatic heterocycles. The SMILES string of the molecule is COCCn1c(=NC(=O)c2cccc(OC)c2)sc2ccc([N+](=O)[O-])cc21. The van der Waals surface area contributed by atoms with E-state index in [1.54, 1.807) is 42.0 Å². The van der Waals surface area contributed by atoms with Crippen LogP contribution in [0.4, 0.5) is 5.69 Å². The summed E-state index contributed by atoms with van der Waals surface area (Å²) < 4.78 is 12.8. The number of methoxy groups -OCH3 is 2. The number of nitro benzene ring substituents is 1. The summed E-state index contributed by atoms with van der Waals surface area (Å²) in [6.07, 6.45) is 0. The van der Waals surface area contributed by atoms with Crippen molar-refractivity contribution in [3.8, 4) is 5.75 Å². The van der Waals surface area contributed by atoms with E-state index < -0.39 is 10.8 Å². The molecule has 0 spiro atoms. The Kier molecular flexibility index (Phi) is 5.63. The number of nitrogens with zero attached hydrogens (tertiary/aromatic N) is 3. The Morgan fingerprint density at radius 3 is 2.78 bits per heavy atom. The molecule has 0 aliphatic rings. The molecule has 0 bridgehead atoms. The van der Waals surface area contributed by atoms with E-state index in [1.165, 1.54) is 30.6 Å². The van der Waals surface area contributed by atoms with E-state index in [2.05, 4.69) is 4.99 Å². The first-order valence-electron chi connectivity index (χ1n) is 8.03. The number of amides is 1. The first-order chi connectivity index (χ1) is 13.0. The fourth-order valence-electron chi connectivity index (χ4n) is 2.56. The Bertz CT molecular complexity index is 1070. The molecule has 1 amide bonds. The lowest BCUT2D eigenvalue weighted by molar-refractivity contribution is -0.384. The van der Waals surface area contributed by atoms with Crippen molar-refractivity contribution in [2.75, 3.05) is 20.8 Å². The minimum absolute atomic E-state index is 0.0165. The van der Waals surface area contributed by atoms with Crippen molar-refractivity contribution in [1.29, 1.82) is 0 Å². The van der Waals surface area contributed by atoms with Crippen molar-refractivity contribution in [3.63, 3.8) is 0 Å². The molecule has 0 aliphatic heterocycles. The highest BCUT2D eigenvalue weighted by Gasteiger charge is 2.13. The minimum atomic E-state index is -0.448. The molecule has 3 rings (SSSR count). The Balaban J connectivity index is 2.12. The number of rotatable bonds is 6. The van der Waals surface area contributed by atoms with Gasteiger partial charge in [-0.2, -0.15) is 4.99 Å². The maximum Gasteiger partial charge on any atom is 0.279 e. The molecular formula is C18H17N3O5S. The van der Waals surface area contributed by atoms with E-state index in [-0.39, 0.29) is 5.69 Å². The first-order valence-corrected chi connectivity index (χ1v) is 8.85. The molecule has 0 N–H and O–H groups in total. The predicted octanol–water partition coefficient (Wildman–Crippen LogP) is 3.01. The van der Waals surface area contributed by atoms with Crippen LogP contribution in [-0.2, 0) is 11.3 Å². The van der Waals surface area contributed by atoms with Gasteiger partial charge < -0.3 is 14.0 Å². The maximum absolute atomic E-state index is 12.6. The number of fused-ring (bicyclic) bond motifs is 1. The van der Waals surface area contributed by atoms with Gasteiger partial charge in [-0.15, -0.1) is 0 Å². The van der Waals surface area contributed by atoms with Crippen molar-refractivity contribution < 1.29 is 19.2 Å². The number of hydrogen-bond donors (Lipinski definition) is 0. The number of non-ortho nitro benzene ring substituents is 1. The van der Waals surface area contributed by atoms with E-state index in [0.29, 0.717) is 34.8 Å². The molecule has 27 heavy (non-hydrogen) atoms. The molecule has 0 atom stereocenters.